The van der Waals surface area contributed by atoms with Crippen molar-refractivity contribution in [1.82, 2.24) is 5.43 Å². The molecule has 0 aliphatic rings. The molecule has 21 heavy (non-hydrogen) atoms. The summed E-state index contributed by atoms with van der Waals surface area (Å²) in [5.74, 6) is 0.388. The van der Waals surface area contributed by atoms with Crippen LogP contribution in [0.3, 0.4) is 0 Å². The molecule has 0 radical (unpaired) electrons. The third-order valence-electron chi connectivity index (χ3n) is 2.64. The standard InChI is InChI=1S/C15H15BrN2O2S/c1-10-4-3-5-12(8-10)20-9-15(19)18-17-11(2)13-6-7-14(16)21-13/h3-8H,9H2,1-2H3,(H,18,19)/b17-11+. The molecule has 0 fully saturated rings. The molecule has 2 rings (SSSR count). The molecular weight excluding hydrogens is 352 g/mol. The molecule has 0 atom stereocenters. The molecule has 2 aromatic rings. The van der Waals surface area contributed by atoms with Gasteiger partial charge in [-0.05, 0) is 59.6 Å². The average molecular weight is 367 g/mol. The monoisotopic (exact) mass is 366 g/mol. The molecule has 0 bridgehead atoms. The largest absolute Gasteiger partial charge is 0.484 e. The van der Waals surface area contributed by atoms with Gasteiger partial charge in [0.15, 0.2) is 6.61 Å². The van der Waals surface area contributed by atoms with E-state index < -0.39 is 0 Å². The van der Waals surface area contributed by atoms with Gasteiger partial charge in [0.1, 0.15) is 5.75 Å². The van der Waals surface area contributed by atoms with Gasteiger partial charge in [0.2, 0.25) is 0 Å². The van der Waals surface area contributed by atoms with E-state index >= 15 is 0 Å². The van der Waals surface area contributed by atoms with E-state index in [4.69, 9.17) is 4.74 Å². The smallest absolute Gasteiger partial charge is 0.277 e. The minimum absolute atomic E-state index is 0.0611. The molecule has 0 aliphatic carbocycles. The lowest BCUT2D eigenvalue weighted by molar-refractivity contribution is -0.123. The van der Waals surface area contributed by atoms with Gasteiger partial charge in [0.25, 0.3) is 5.91 Å². The van der Waals surface area contributed by atoms with Crippen LogP contribution in [0.15, 0.2) is 45.3 Å². The summed E-state index contributed by atoms with van der Waals surface area (Å²) < 4.78 is 6.43. The fraction of sp³-hybridized carbons (Fsp3) is 0.200. The van der Waals surface area contributed by atoms with E-state index in [1.807, 2.05) is 50.2 Å². The lowest BCUT2D eigenvalue weighted by Crippen LogP contribution is -2.25. The number of hydrogen-bond donors (Lipinski definition) is 1. The van der Waals surface area contributed by atoms with Gasteiger partial charge in [-0.15, -0.1) is 11.3 Å². The van der Waals surface area contributed by atoms with Crippen molar-refractivity contribution >= 4 is 38.9 Å². The van der Waals surface area contributed by atoms with Crippen LogP contribution in [0.5, 0.6) is 5.75 Å². The van der Waals surface area contributed by atoms with Crippen molar-refractivity contribution in [2.24, 2.45) is 5.10 Å². The second-order valence-corrected chi connectivity index (χ2v) is 6.90. The van der Waals surface area contributed by atoms with E-state index in [1.54, 1.807) is 11.3 Å². The number of nitrogens with one attached hydrogen (secondary N) is 1. The first-order valence-electron chi connectivity index (χ1n) is 6.33. The van der Waals surface area contributed by atoms with E-state index in [1.165, 1.54) is 0 Å². The van der Waals surface area contributed by atoms with Gasteiger partial charge >= 0.3 is 0 Å². The van der Waals surface area contributed by atoms with Crippen molar-refractivity contribution in [3.63, 3.8) is 0 Å². The molecule has 1 N–H and O–H groups in total. The van der Waals surface area contributed by atoms with E-state index in [-0.39, 0.29) is 12.5 Å². The maximum Gasteiger partial charge on any atom is 0.277 e. The normalized spacial score (nSPS) is 11.3. The fourth-order valence-electron chi connectivity index (χ4n) is 1.60. The van der Waals surface area contributed by atoms with Crippen molar-refractivity contribution in [3.8, 4) is 5.75 Å². The van der Waals surface area contributed by atoms with Gasteiger partial charge in [-0.25, -0.2) is 5.43 Å². The number of ether oxygens (including phenoxy) is 1. The van der Waals surface area contributed by atoms with E-state index in [0.29, 0.717) is 5.75 Å². The highest BCUT2D eigenvalue weighted by molar-refractivity contribution is 9.11. The van der Waals surface area contributed by atoms with Crippen LogP contribution in [0.2, 0.25) is 0 Å². The maximum atomic E-state index is 11.7. The number of nitrogens with zero attached hydrogens (tertiary/aromatic N) is 1. The van der Waals surface area contributed by atoms with Gasteiger partial charge in [-0.2, -0.15) is 5.10 Å². The number of carbonyl (C=O) groups is 1. The molecule has 0 unspecified atom stereocenters. The van der Waals surface area contributed by atoms with Crippen LogP contribution in [-0.2, 0) is 4.79 Å². The highest BCUT2D eigenvalue weighted by Gasteiger charge is 2.04. The molecular formula is C15H15BrN2O2S. The molecule has 0 spiro atoms. The number of hydrazone groups is 1. The first kappa shape index (κ1) is 15.7. The number of benzene rings is 1. The lowest BCUT2D eigenvalue weighted by Gasteiger charge is -2.06. The Hall–Kier alpha value is -1.66. The lowest BCUT2D eigenvalue weighted by atomic mass is 10.2. The van der Waals surface area contributed by atoms with Crippen LogP contribution in [0.25, 0.3) is 0 Å². The van der Waals surface area contributed by atoms with Crippen LogP contribution in [0.1, 0.15) is 17.4 Å². The first-order valence-corrected chi connectivity index (χ1v) is 7.94. The number of halogens is 1. The number of thiophene rings is 1. The van der Waals surface area contributed by atoms with Gasteiger partial charge in [-0.1, -0.05) is 12.1 Å². The van der Waals surface area contributed by atoms with Crippen molar-refractivity contribution in [1.29, 1.82) is 0 Å². The fourth-order valence-corrected chi connectivity index (χ4v) is 2.93. The average Bonchev–Trinajstić information content (AvgIpc) is 2.89. The first-order chi connectivity index (χ1) is 10.0. The van der Waals surface area contributed by atoms with Crippen LogP contribution in [0.4, 0.5) is 0 Å². The summed E-state index contributed by atoms with van der Waals surface area (Å²) in [5.41, 5.74) is 4.34. The Morgan fingerprint density at radius 2 is 2.19 bits per heavy atom. The van der Waals surface area contributed by atoms with Crippen LogP contribution in [-0.4, -0.2) is 18.2 Å². The van der Waals surface area contributed by atoms with E-state index in [0.717, 1.165) is 19.9 Å². The summed E-state index contributed by atoms with van der Waals surface area (Å²) >= 11 is 4.96. The molecule has 1 heterocycles. The highest BCUT2D eigenvalue weighted by atomic mass is 79.9. The Labute approximate surface area is 136 Å². The van der Waals surface area contributed by atoms with E-state index in [2.05, 4.69) is 26.5 Å². The van der Waals surface area contributed by atoms with Crippen LogP contribution < -0.4 is 10.2 Å². The minimum atomic E-state index is -0.286. The molecule has 1 amide bonds. The Balaban J connectivity index is 1.84. The minimum Gasteiger partial charge on any atom is -0.484 e. The molecule has 0 aliphatic heterocycles. The Morgan fingerprint density at radius 3 is 2.86 bits per heavy atom. The topological polar surface area (TPSA) is 50.7 Å². The Bertz CT molecular complexity index is 667. The second-order valence-electron chi connectivity index (χ2n) is 4.44. The summed E-state index contributed by atoms with van der Waals surface area (Å²) in [6.45, 7) is 3.76. The van der Waals surface area contributed by atoms with Gasteiger partial charge < -0.3 is 4.74 Å². The zero-order valence-corrected chi connectivity index (χ0v) is 14.1. The van der Waals surface area contributed by atoms with Gasteiger partial charge in [-0.3, -0.25) is 4.79 Å². The Kier molecular flexibility index (Phi) is 5.52. The molecule has 1 aromatic carbocycles. The highest BCUT2D eigenvalue weighted by Crippen LogP contribution is 2.22. The predicted molar refractivity (Wildman–Crippen MR) is 89.0 cm³/mol. The van der Waals surface area contributed by atoms with Crippen molar-refractivity contribution in [2.45, 2.75) is 13.8 Å². The summed E-state index contributed by atoms with van der Waals surface area (Å²) in [4.78, 5) is 12.7. The third kappa shape index (κ3) is 4.99. The summed E-state index contributed by atoms with van der Waals surface area (Å²) in [7, 11) is 0. The van der Waals surface area contributed by atoms with Crippen LogP contribution >= 0.6 is 27.3 Å². The summed E-state index contributed by atoms with van der Waals surface area (Å²) in [5, 5.41) is 4.06. The van der Waals surface area contributed by atoms with E-state index in [9.17, 15) is 4.79 Å². The molecule has 4 nitrogen and oxygen atoms in total. The quantitative estimate of drug-likeness (QED) is 0.647. The zero-order valence-electron chi connectivity index (χ0n) is 11.7. The molecule has 0 saturated carbocycles. The zero-order chi connectivity index (χ0) is 15.2. The van der Waals surface area contributed by atoms with Crippen molar-refractivity contribution < 1.29 is 9.53 Å². The van der Waals surface area contributed by atoms with Crippen molar-refractivity contribution in [3.05, 3.63) is 50.6 Å². The molecule has 6 heteroatoms. The maximum absolute atomic E-state index is 11.7. The Morgan fingerprint density at radius 1 is 1.38 bits per heavy atom. The van der Waals surface area contributed by atoms with Crippen LogP contribution in [0, 0.1) is 6.92 Å². The molecule has 110 valence electrons. The van der Waals surface area contributed by atoms with Gasteiger partial charge in [0, 0.05) is 0 Å². The molecule has 0 saturated heterocycles. The SMILES string of the molecule is C/C(=N\NC(=O)COc1cccc(C)c1)c1ccc(Br)s1. The number of rotatable bonds is 5. The second kappa shape index (κ2) is 7.38. The number of carbonyl (C=O) groups excluding carboxylic acids is 1. The number of amides is 1. The van der Waals surface area contributed by atoms with Gasteiger partial charge in [0.05, 0.1) is 14.4 Å². The third-order valence-corrected chi connectivity index (χ3v) is 4.37. The number of hydrogen-bond acceptors (Lipinski definition) is 4. The summed E-state index contributed by atoms with van der Waals surface area (Å²) in [6.07, 6.45) is 0. The predicted octanol–water partition coefficient (Wildman–Crippen LogP) is 3.74. The van der Waals surface area contributed by atoms with Crippen molar-refractivity contribution in [2.75, 3.05) is 6.61 Å². The summed E-state index contributed by atoms with van der Waals surface area (Å²) in [6, 6.07) is 11.5. The number of aryl methyl sites for hydroxylation is 1. The molecule has 1 aromatic heterocycles.